The van der Waals surface area contributed by atoms with E-state index in [1.165, 1.54) is 6.42 Å². The molecule has 1 aromatic carbocycles. The zero-order valence-electron chi connectivity index (χ0n) is 14.6. The SMILES string of the molecule is CC[n+]1c(O)[n+](C2CCCCC2)c(O)c2cc(OC)c(OC)cc21. The molecule has 0 spiro atoms. The van der Waals surface area contributed by atoms with Crippen LogP contribution in [0.15, 0.2) is 12.1 Å². The number of hydrogen-bond acceptors (Lipinski definition) is 4. The maximum absolute atomic E-state index is 10.9. The molecule has 0 radical (unpaired) electrons. The summed E-state index contributed by atoms with van der Waals surface area (Å²) in [7, 11) is 3.15. The van der Waals surface area contributed by atoms with E-state index in [-0.39, 0.29) is 17.9 Å². The van der Waals surface area contributed by atoms with Crippen molar-refractivity contribution in [2.75, 3.05) is 14.2 Å². The molecule has 24 heavy (non-hydrogen) atoms. The maximum Gasteiger partial charge on any atom is 0.632 e. The highest BCUT2D eigenvalue weighted by molar-refractivity contribution is 5.83. The Morgan fingerprint density at radius 1 is 1.04 bits per heavy atom. The maximum atomic E-state index is 10.9. The van der Waals surface area contributed by atoms with E-state index in [0.29, 0.717) is 23.4 Å². The van der Waals surface area contributed by atoms with Crippen LogP contribution in [0, 0.1) is 0 Å². The minimum Gasteiger partial charge on any atom is -0.493 e. The predicted octanol–water partition coefficient (Wildman–Crippen LogP) is 2.37. The molecule has 6 nitrogen and oxygen atoms in total. The van der Waals surface area contributed by atoms with Crippen molar-refractivity contribution in [3.63, 3.8) is 0 Å². The lowest BCUT2D eigenvalue weighted by Gasteiger charge is -2.17. The van der Waals surface area contributed by atoms with E-state index in [1.54, 1.807) is 35.5 Å². The molecule has 1 aliphatic carbocycles. The second-order valence-corrected chi connectivity index (χ2v) is 6.25. The van der Waals surface area contributed by atoms with Crippen molar-refractivity contribution in [1.82, 2.24) is 0 Å². The van der Waals surface area contributed by atoms with Crippen LogP contribution in [0.1, 0.15) is 45.1 Å². The van der Waals surface area contributed by atoms with E-state index < -0.39 is 0 Å². The molecule has 1 aliphatic rings. The van der Waals surface area contributed by atoms with Gasteiger partial charge in [0.2, 0.25) is 5.52 Å². The smallest absolute Gasteiger partial charge is 0.493 e. The molecule has 1 heterocycles. The van der Waals surface area contributed by atoms with Crippen molar-refractivity contribution < 1.29 is 28.8 Å². The van der Waals surface area contributed by atoms with E-state index in [1.807, 2.05) is 6.92 Å². The van der Waals surface area contributed by atoms with Crippen LogP contribution in [0.4, 0.5) is 0 Å². The average Bonchev–Trinajstić information content (AvgIpc) is 2.62. The molecular formula is C18H26N2O4+2. The first-order chi connectivity index (χ1) is 11.6. The second kappa shape index (κ2) is 6.71. The van der Waals surface area contributed by atoms with E-state index in [9.17, 15) is 10.2 Å². The zero-order chi connectivity index (χ0) is 17.3. The molecule has 0 saturated heterocycles. The summed E-state index contributed by atoms with van der Waals surface area (Å²) >= 11 is 0. The van der Waals surface area contributed by atoms with Crippen molar-refractivity contribution in [2.24, 2.45) is 0 Å². The van der Waals surface area contributed by atoms with E-state index in [2.05, 4.69) is 0 Å². The van der Waals surface area contributed by atoms with Crippen molar-refractivity contribution in [3.05, 3.63) is 12.1 Å². The highest BCUT2D eigenvalue weighted by atomic mass is 16.5. The van der Waals surface area contributed by atoms with Gasteiger partial charge in [-0.2, -0.15) is 0 Å². The number of fused-ring (bicyclic) bond motifs is 1. The summed E-state index contributed by atoms with van der Waals surface area (Å²) in [5.74, 6) is 1.21. The minimum absolute atomic E-state index is 0.0834. The Hall–Kier alpha value is -2.24. The van der Waals surface area contributed by atoms with E-state index in [0.717, 1.165) is 31.2 Å². The third kappa shape index (κ3) is 2.60. The van der Waals surface area contributed by atoms with Gasteiger partial charge in [0.05, 0.1) is 20.3 Å². The van der Waals surface area contributed by atoms with Crippen LogP contribution in [-0.2, 0) is 6.54 Å². The Labute approximate surface area is 141 Å². The van der Waals surface area contributed by atoms with Gasteiger partial charge in [-0.25, -0.2) is 0 Å². The van der Waals surface area contributed by atoms with Gasteiger partial charge in [0.25, 0.3) is 0 Å². The van der Waals surface area contributed by atoms with Crippen LogP contribution in [0.3, 0.4) is 0 Å². The van der Waals surface area contributed by atoms with Gasteiger partial charge in [-0.3, -0.25) is 0 Å². The minimum atomic E-state index is 0.0834. The Balaban J connectivity index is 2.30. The molecule has 0 unspecified atom stereocenters. The summed E-state index contributed by atoms with van der Waals surface area (Å²) in [4.78, 5) is 0. The first-order valence-corrected chi connectivity index (χ1v) is 8.57. The number of rotatable bonds is 4. The zero-order valence-corrected chi connectivity index (χ0v) is 14.6. The molecule has 1 fully saturated rings. The molecule has 0 aliphatic heterocycles. The monoisotopic (exact) mass is 334 g/mol. The molecule has 2 N–H and O–H groups in total. The number of hydrogen-bond donors (Lipinski definition) is 2. The molecule has 0 amide bonds. The van der Waals surface area contributed by atoms with Crippen molar-refractivity contribution in [3.8, 4) is 23.4 Å². The van der Waals surface area contributed by atoms with Gasteiger partial charge in [0.1, 0.15) is 0 Å². The number of methoxy groups -OCH3 is 2. The fourth-order valence-electron chi connectivity index (χ4n) is 3.72. The molecule has 0 atom stereocenters. The van der Waals surface area contributed by atoms with Gasteiger partial charge >= 0.3 is 11.9 Å². The lowest BCUT2D eigenvalue weighted by molar-refractivity contribution is -0.833. The fourth-order valence-corrected chi connectivity index (χ4v) is 3.72. The summed E-state index contributed by atoms with van der Waals surface area (Å²) < 4.78 is 14.2. The van der Waals surface area contributed by atoms with Gasteiger partial charge in [0, 0.05) is 18.9 Å². The second-order valence-electron chi connectivity index (χ2n) is 6.25. The Morgan fingerprint density at radius 2 is 1.67 bits per heavy atom. The number of aromatic nitrogens is 2. The Bertz CT molecular complexity index is 755. The number of aromatic hydroxyl groups is 2. The highest BCUT2D eigenvalue weighted by Crippen LogP contribution is 2.35. The molecule has 0 bridgehead atoms. The summed E-state index contributed by atoms with van der Waals surface area (Å²) in [6.45, 7) is 2.56. The van der Waals surface area contributed by atoms with Gasteiger partial charge in [-0.15, -0.1) is 0 Å². The molecular weight excluding hydrogens is 308 g/mol. The summed E-state index contributed by atoms with van der Waals surface area (Å²) in [6.07, 6.45) is 5.38. The Kier molecular flexibility index (Phi) is 4.64. The summed E-state index contributed by atoms with van der Waals surface area (Å²) in [5.41, 5.74) is 0.720. The average molecular weight is 334 g/mol. The highest BCUT2D eigenvalue weighted by Gasteiger charge is 2.39. The molecule has 1 saturated carbocycles. The number of benzene rings is 1. The normalized spacial score (nSPS) is 15.6. The van der Waals surface area contributed by atoms with Crippen molar-refractivity contribution in [1.29, 1.82) is 0 Å². The van der Waals surface area contributed by atoms with Crippen LogP contribution in [0.5, 0.6) is 23.4 Å². The number of aryl methyl sites for hydroxylation is 1. The first kappa shape index (κ1) is 16.6. The van der Waals surface area contributed by atoms with Gasteiger partial charge < -0.3 is 19.7 Å². The van der Waals surface area contributed by atoms with Gasteiger partial charge in [-0.05, 0) is 19.8 Å². The fraction of sp³-hybridized carbons (Fsp3) is 0.556. The standard InChI is InChI=1S/C18H24N2O4/c1-4-19-14-11-16(24-3)15(23-2)10-13(14)17(21)20(18(19)22)12-8-6-5-7-9-12/h10-12H,4-9H2,1-3H3/p+2. The topological polar surface area (TPSA) is 66.7 Å². The lowest BCUT2D eigenvalue weighted by Crippen LogP contribution is -2.50. The van der Waals surface area contributed by atoms with E-state index >= 15 is 0 Å². The van der Waals surface area contributed by atoms with Gasteiger partial charge in [-0.1, -0.05) is 15.6 Å². The first-order valence-electron chi connectivity index (χ1n) is 8.57. The van der Waals surface area contributed by atoms with Crippen LogP contribution >= 0.6 is 0 Å². The van der Waals surface area contributed by atoms with Crippen LogP contribution < -0.4 is 18.6 Å². The molecule has 2 aromatic rings. The largest absolute Gasteiger partial charge is 0.632 e. The van der Waals surface area contributed by atoms with Crippen LogP contribution in [0.25, 0.3) is 10.9 Å². The number of ether oxygens (including phenoxy) is 2. The third-order valence-corrected chi connectivity index (χ3v) is 4.97. The lowest BCUT2D eigenvalue weighted by atomic mass is 9.95. The Morgan fingerprint density at radius 3 is 2.25 bits per heavy atom. The van der Waals surface area contributed by atoms with Gasteiger partial charge in [0.15, 0.2) is 29.5 Å². The number of nitrogens with zero attached hydrogens (tertiary/aromatic N) is 2. The van der Waals surface area contributed by atoms with Crippen LogP contribution in [-0.4, -0.2) is 24.4 Å². The summed E-state index contributed by atoms with van der Waals surface area (Å²) in [6, 6.07) is 3.77. The van der Waals surface area contributed by atoms with Crippen molar-refractivity contribution >= 4 is 10.9 Å². The molecule has 3 rings (SSSR count). The molecule has 130 valence electrons. The predicted molar refractivity (Wildman–Crippen MR) is 88.6 cm³/mol. The third-order valence-electron chi connectivity index (χ3n) is 4.97. The molecule has 6 heteroatoms. The molecule has 1 aromatic heterocycles. The van der Waals surface area contributed by atoms with E-state index in [4.69, 9.17) is 9.47 Å². The van der Waals surface area contributed by atoms with Crippen molar-refractivity contribution in [2.45, 2.75) is 51.6 Å². The quantitative estimate of drug-likeness (QED) is 0.843. The summed E-state index contributed by atoms with van der Waals surface area (Å²) in [5, 5.41) is 22.3. The van der Waals surface area contributed by atoms with Crippen LogP contribution in [0.2, 0.25) is 0 Å².